The van der Waals surface area contributed by atoms with Gasteiger partial charge in [0.15, 0.2) is 0 Å². The molecule has 0 aliphatic heterocycles. The molecule has 0 saturated carbocycles. The van der Waals surface area contributed by atoms with Crippen LogP contribution < -0.4 is 0 Å². The molecule has 50 valence electrons. The number of aryl methyl sites for hydroxylation is 1. The van der Waals surface area contributed by atoms with Crippen molar-refractivity contribution in [2.24, 2.45) is 0 Å². The standard InChI is InChI=1S/C7H10OS/c1-5-3-4-9-7(5)6(2)8/h3-4,6,8H,1-2H3/t6-/m0/s1. The molecule has 0 aliphatic carbocycles. The highest BCUT2D eigenvalue weighted by Gasteiger charge is 2.03. The van der Waals surface area contributed by atoms with Gasteiger partial charge in [-0.15, -0.1) is 11.3 Å². The Morgan fingerprint density at radius 3 is 2.56 bits per heavy atom. The number of aliphatic hydroxyl groups excluding tert-OH is 1. The van der Waals surface area contributed by atoms with E-state index in [1.54, 1.807) is 18.3 Å². The largest absolute Gasteiger partial charge is 0.388 e. The Hall–Kier alpha value is -0.340. The minimum absolute atomic E-state index is 0.301. The summed E-state index contributed by atoms with van der Waals surface area (Å²) in [4.78, 5) is 1.08. The molecule has 1 atom stereocenters. The maximum absolute atomic E-state index is 9.10. The predicted molar refractivity (Wildman–Crippen MR) is 39.7 cm³/mol. The minimum atomic E-state index is -0.301. The van der Waals surface area contributed by atoms with Gasteiger partial charge in [0.1, 0.15) is 0 Å². The van der Waals surface area contributed by atoms with E-state index in [-0.39, 0.29) is 6.10 Å². The molecule has 9 heavy (non-hydrogen) atoms. The Bertz CT molecular complexity index is 191. The Morgan fingerprint density at radius 2 is 2.33 bits per heavy atom. The van der Waals surface area contributed by atoms with Crippen molar-refractivity contribution in [1.29, 1.82) is 0 Å². The summed E-state index contributed by atoms with van der Waals surface area (Å²) >= 11 is 1.61. The molecule has 0 radical (unpaired) electrons. The van der Waals surface area contributed by atoms with Crippen molar-refractivity contribution in [3.63, 3.8) is 0 Å². The molecule has 1 N–H and O–H groups in total. The van der Waals surface area contributed by atoms with E-state index in [0.29, 0.717) is 0 Å². The van der Waals surface area contributed by atoms with Crippen LogP contribution in [0.15, 0.2) is 11.4 Å². The van der Waals surface area contributed by atoms with Gasteiger partial charge < -0.3 is 5.11 Å². The van der Waals surface area contributed by atoms with Crippen LogP contribution in [0.5, 0.6) is 0 Å². The number of aliphatic hydroxyl groups is 1. The number of hydrogen-bond donors (Lipinski definition) is 1. The van der Waals surface area contributed by atoms with Gasteiger partial charge in [0, 0.05) is 4.88 Å². The monoisotopic (exact) mass is 142 g/mol. The van der Waals surface area contributed by atoms with Crippen molar-refractivity contribution < 1.29 is 5.11 Å². The van der Waals surface area contributed by atoms with E-state index in [9.17, 15) is 0 Å². The summed E-state index contributed by atoms with van der Waals surface area (Å²) < 4.78 is 0. The van der Waals surface area contributed by atoms with Crippen molar-refractivity contribution in [3.8, 4) is 0 Å². The van der Waals surface area contributed by atoms with Gasteiger partial charge >= 0.3 is 0 Å². The van der Waals surface area contributed by atoms with E-state index in [2.05, 4.69) is 0 Å². The third kappa shape index (κ3) is 1.32. The fourth-order valence-corrected chi connectivity index (χ4v) is 1.68. The Labute approximate surface area is 59.0 Å². The second kappa shape index (κ2) is 2.50. The zero-order valence-electron chi connectivity index (χ0n) is 5.59. The van der Waals surface area contributed by atoms with Gasteiger partial charge in [0.05, 0.1) is 6.10 Å². The van der Waals surface area contributed by atoms with Crippen molar-refractivity contribution in [2.75, 3.05) is 0 Å². The van der Waals surface area contributed by atoms with Gasteiger partial charge in [-0.2, -0.15) is 0 Å². The normalized spacial score (nSPS) is 13.7. The fraction of sp³-hybridized carbons (Fsp3) is 0.429. The van der Waals surface area contributed by atoms with Crippen LogP contribution in [0.2, 0.25) is 0 Å². The molecule has 1 rings (SSSR count). The van der Waals surface area contributed by atoms with E-state index >= 15 is 0 Å². The van der Waals surface area contributed by atoms with E-state index < -0.39 is 0 Å². The average Bonchev–Trinajstić information content (AvgIpc) is 2.13. The summed E-state index contributed by atoms with van der Waals surface area (Å²) in [7, 11) is 0. The van der Waals surface area contributed by atoms with E-state index in [1.807, 2.05) is 18.4 Å². The van der Waals surface area contributed by atoms with Crippen molar-refractivity contribution in [2.45, 2.75) is 20.0 Å². The van der Waals surface area contributed by atoms with Crippen LogP contribution >= 0.6 is 11.3 Å². The van der Waals surface area contributed by atoms with Crippen molar-refractivity contribution >= 4 is 11.3 Å². The maximum Gasteiger partial charge on any atom is 0.0856 e. The molecule has 1 aromatic rings. The van der Waals surface area contributed by atoms with Crippen LogP contribution in [0.4, 0.5) is 0 Å². The molecule has 0 bridgehead atoms. The van der Waals surface area contributed by atoms with Crippen molar-refractivity contribution in [3.05, 3.63) is 21.9 Å². The molecule has 1 aromatic heterocycles. The number of hydrogen-bond acceptors (Lipinski definition) is 2. The lowest BCUT2D eigenvalue weighted by Gasteiger charge is -1.99. The van der Waals surface area contributed by atoms with Crippen LogP contribution in [-0.4, -0.2) is 5.11 Å². The van der Waals surface area contributed by atoms with E-state index in [4.69, 9.17) is 5.11 Å². The van der Waals surface area contributed by atoms with Crippen molar-refractivity contribution in [1.82, 2.24) is 0 Å². The smallest absolute Gasteiger partial charge is 0.0856 e. The molecular formula is C7H10OS. The number of thiophene rings is 1. The predicted octanol–water partition coefficient (Wildman–Crippen LogP) is 2.11. The molecule has 1 heterocycles. The van der Waals surface area contributed by atoms with E-state index in [0.717, 1.165) is 4.88 Å². The van der Waals surface area contributed by atoms with Gasteiger partial charge in [-0.25, -0.2) is 0 Å². The fourth-order valence-electron chi connectivity index (χ4n) is 0.812. The lowest BCUT2D eigenvalue weighted by molar-refractivity contribution is 0.202. The Kier molecular flexibility index (Phi) is 1.88. The highest BCUT2D eigenvalue weighted by Crippen LogP contribution is 2.22. The van der Waals surface area contributed by atoms with E-state index in [1.165, 1.54) is 5.56 Å². The van der Waals surface area contributed by atoms with Crippen LogP contribution in [0.3, 0.4) is 0 Å². The maximum atomic E-state index is 9.10. The van der Waals surface area contributed by atoms with Crippen LogP contribution in [-0.2, 0) is 0 Å². The molecule has 0 aromatic carbocycles. The first-order chi connectivity index (χ1) is 4.22. The van der Waals surface area contributed by atoms with Crippen LogP contribution in [0, 0.1) is 6.92 Å². The third-order valence-electron chi connectivity index (χ3n) is 1.28. The molecule has 0 saturated heterocycles. The van der Waals surface area contributed by atoms with Crippen LogP contribution in [0.25, 0.3) is 0 Å². The second-order valence-corrected chi connectivity index (χ2v) is 3.09. The summed E-state index contributed by atoms with van der Waals surface area (Å²) in [6, 6.07) is 2.02. The van der Waals surface area contributed by atoms with Gasteiger partial charge in [-0.1, -0.05) is 0 Å². The summed E-state index contributed by atoms with van der Waals surface area (Å²) in [5, 5.41) is 11.1. The lowest BCUT2D eigenvalue weighted by atomic mass is 10.2. The highest BCUT2D eigenvalue weighted by molar-refractivity contribution is 7.10. The molecule has 1 nitrogen and oxygen atoms in total. The van der Waals surface area contributed by atoms with Gasteiger partial charge in [0.2, 0.25) is 0 Å². The summed E-state index contributed by atoms with van der Waals surface area (Å²) in [6.07, 6.45) is -0.301. The first-order valence-corrected chi connectivity index (χ1v) is 3.82. The zero-order valence-corrected chi connectivity index (χ0v) is 6.40. The third-order valence-corrected chi connectivity index (χ3v) is 2.47. The molecule has 0 aliphatic rings. The van der Waals surface area contributed by atoms with Gasteiger partial charge in [-0.3, -0.25) is 0 Å². The Morgan fingerprint density at radius 1 is 1.67 bits per heavy atom. The molecule has 0 fully saturated rings. The molecule has 2 heteroatoms. The molecule has 0 unspecified atom stereocenters. The quantitative estimate of drug-likeness (QED) is 0.636. The second-order valence-electron chi connectivity index (χ2n) is 2.14. The Balaban J connectivity index is 2.94. The molecule has 0 amide bonds. The van der Waals surface area contributed by atoms with Gasteiger partial charge in [-0.05, 0) is 30.9 Å². The SMILES string of the molecule is Cc1ccsc1[C@H](C)O. The van der Waals surface area contributed by atoms with Crippen LogP contribution in [0.1, 0.15) is 23.5 Å². The minimum Gasteiger partial charge on any atom is -0.388 e. The summed E-state index contributed by atoms with van der Waals surface area (Å²) in [5.41, 5.74) is 1.19. The zero-order chi connectivity index (χ0) is 6.85. The average molecular weight is 142 g/mol. The first kappa shape index (κ1) is 6.78. The molecular weight excluding hydrogens is 132 g/mol. The highest BCUT2D eigenvalue weighted by atomic mass is 32.1. The summed E-state index contributed by atoms with van der Waals surface area (Å²) in [6.45, 7) is 3.80. The number of rotatable bonds is 1. The lowest BCUT2D eigenvalue weighted by Crippen LogP contribution is -1.87. The van der Waals surface area contributed by atoms with Gasteiger partial charge in [0.25, 0.3) is 0 Å². The topological polar surface area (TPSA) is 20.2 Å². The summed E-state index contributed by atoms with van der Waals surface area (Å²) in [5.74, 6) is 0. The first-order valence-electron chi connectivity index (χ1n) is 2.94. The molecule has 0 spiro atoms.